The van der Waals surface area contributed by atoms with Crippen LogP contribution >= 0.6 is 0 Å². The van der Waals surface area contributed by atoms with E-state index in [4.69, 9.17) is 15.2 Å². The molecule has 3 rings (SSSR count). The second kappa shape index (κ2) is 6.20. The molecule has 0 saturated carbocycles. The van der Waals surface area contributed by atoms with E-state index < -0.39 is 24.5 Å². The Kier molecular flexibility index (Phi) is 4.26. The van der Waals surface area contributed by atoms with Crippen LogP contribution in [0, 0.1) is 0 Å². The number of fused-ring (bicyclic) bond motifs is 1. The summed E-state index contributed by atoms with van der Waals surface area (Å²) >= 11 is 0. The van der Waals surface area contributed by atoms with E-state index in [0.29, 0.717) is 11.2 Å². The summed E-state index contributed by atoms with van der Waals surface area (Å²) in [6.45, 7) is 5.54. The van der Waals surface area contributed by atoms with Crippen LogP contribution in [-0.2, 0) is 9.47 Å². The van der Waals surface area contributed by atoms with Gasteiger partial charge in [0.05, 0.1) is 19.5 Å². The first-order valence-corrected chi connectivity index (χ1v) is 7.16. The van der Waals surface area contributed by atoms with E-state index in [-0.39, 0.29) is 19.0 Å². The van der Waals surface area contributed by atoms with Crippen LogP contribution < -0.4 is 5.73 Å². The van der Waals surface area contributed by atoms with Gasteiger partial charge < -0.3 is 25.4 Å². The van der Waals surface area contributed by atoms with Gasteiger partial charge in [-0.1, -0.05) is 12.2 Å². The summed E-state index contributed by atoms with van der Waals surface area (Å²) in [6, 6.07) is 0. The zero-order chi connectivity index (χ0) is 16.6. The number of aromatic nitrogens is 4. The van der Waals surface area contributed by atoms with Gasteiger partial charge in [0, 0.05) is 0 Å². The number of aliphatic hydroxyl groups is 2. The molecule has 124 valence electrons. The highest BCUT2D eigenvalue weighted by molar-refractivity contribution is 5.81. The Balaban J connectivity index is 1.97. The molecule has 0 bridgehead atoms. The smallest absolute Gasteiger partial charge is 0.167 e. The number of anilines is 1. The van der Waals surface area contributed by atoms with E-state index in [1.807, 2.05) is 6.92 Å². The number of nitrogen functional groups attached to an aromatic ring is 1. The van der Waals surface area contributed by atoms with Crippen molar-refractivity contribution in [2.24, 2.45) is 0 Å². The summed E-state index contributed by atoms with van der Waals surface area (Å²) in [4.78, 5) is 12.2. The van der Waals surface area contributed by atoms with Gasteiger partial charge in [0.15, 0.2) is 17.7 Å². The predicted molar refractivity (Wildman–Crippen MR) is 81.3 cm³/mol. The average Bonchev–Trinajstić information content (AvgIpc) is 3.07. The molecule has 1 aliphatic heterocycles. The molecular formula is C14H19N5O4. The predicted octanol–water partition coefficient (Wildman–Crippen LogP) is -0.380. The average molecular weight is 321 g/mol. The van der Waals surface area contributed by atoms with Crippen molar-refractivity contribution >= 4 is 17.0 Å². The molecule has 0 aromatic carbocycles. The Morgan fingerprint density at radius 1 is 1.48 bits per heavy atom. The molecule has 0 amide bonds. The number of ether oxygens (including phenoxy) is 2. The molecule has 2 aromatic rings. The molecule has 2 aromatic heterocycles. The Morgan fingerprint density at radius 3 is 2.96 bits per heavy atom. The van der Waals surface area contributed by atoms with Gasteiger partial charge in [-0.25, -0.2) is 15.0 Å². The minimum atomic E-state index is -0.985. The van der Waals surface area contributed by atoms with Crippen molar-refractivity contribution in [1.82, 2.24) is 19.5 Å². The van der Waals surface area contributed by atoms with E-state index in [1.54, 1.807) is 4.57 Å². The van der Waals surface area contributed by atoms with Gasteiger partial charge in [-0.05, 0) is 6.92 Å². The van der Waals surface area contributed by atoms with Gasteiger partial charge in [-0.3, -0.25) is 4.57 Å². The third-order valence-electron chi connectivity index (χ3n) is 3.68. The molecule has 9 heteroatoms. The highest BCUT2D eigenvalue weighted by atomic mass is 16.6. The fourth-order valence-electron chi connectivity index (χ4n) is 2.57. The SMILES string of the molecule is C=C(C)COC1C(O)[C@@H](CO)O[C@H]1n1cnc2c(N)ncnc21. The van der Waals surface area contributed by atoms with Crippen LogP contribution in [0.1, 0.15) is 13.2 Å². The van der Waals surface area contributed by atoms with Crippen molar-refractivity contribution in [3.8, 4) is 0 Å². The maximum Gasteiger partial charge on any atom is 0.167 e. The maximum absolute atomic E-state index is 10.3. The number of hydrogen-bond acceptors (Lipinski definition) is 8. The Labute approximate surface area is 132 Å². The summed E-state index contributed by atoms with van der Waals surface area (Å²) in [5.74, 6) is 0.255. The monoisotopic (exact) mass is 321 g/mol. The number of aliphatic hydroxyl groups excluding tert-OH is 2. The minimum Gasteiger partial charge on any atom is -0.394 e. The first kappa shape index (κ1) is 15.8. The standard InChI is InChI=1S/C14H19N5O4/c1-7(2)4-22-11-10(21)8(3-20)23-14(11)19-6-18-9-12(15)16-5-17-13(9)19/h5-6,8,10-11,14,20-21H,1,3-4H2,2H3,(H2,15,16,17)/t8-,10?,11?,14-/m1/s1. The lowest BCUT2D eigenvalue weighted by atomic mass is 10.1. The normalized spacial score (nSPS) is 27.6. The van der Waals surface area contributed by atoms with Crippen LogP contribution in [0.25, 0.3) is 11.2 Å². The van der Waals surface area contributed by atoms with Gasteiger partial charge in [0.25, 0.3) is 0 Å². The summed E-state index contributed by atoms with van der Waals surface area (Å²) in [7, 11) is 0. The quantitative estimate of drug-likeness (QED) is 0.636. The van der Waals surface area contributed by atoms with Gasteiger partial charge >= 0.3 is 0 Å². The lowest BCUT2D eigenvalue weighted by molar-refractivity contribution is -0.0656. The third-order valence-corrected chi connectivity index (χ3v) is 3.68. The topological polar surface area (TPSA) is 129 Å². The molecule has 0 radical (unpaired) electrons. The fourth-order valence-corrected chi connectivity index (χ4v) is 2.57. The van der Waals surface area contributed by atoms with E-state index in [2.05, 4.69) is 21.5 Å². The lowest BCUT2D eigenvalue weighted by Crippen LogP contribution is -2.35. The van der Waals surface area contributed by atoms with E-state index in [1.165, 1.54) is 12.7 Å². The van der Waals surface area contributed by atoms with Gasteiger partial charge in [-0.2, -0.15) is 0 Å². The van der Waals surface area contributed by atoms with Crippen molar-refractivity contribution in [2.75, 3.05) is 18.9 Å². The molecule has 0 spiro atoms. The first-order valence-electron chi connectivity index (χ1n) is 7.16. The molecule has 23 heavy (non-hydrogen) atoms. The number of imidazole rings is 1. The second-order valence-electron chi connectivity index (χ2n) is 5.55. The largest absolute Gasteiger partial charge is 0.394 e. The van der Waals surface area contributed by atoms with Crippen molar-refractivity contribution in [2.45, 2.75) is 31.5 Å². The van der Waals surface area contributed by atoms with Gasteiger partial charge in [-0.15, -0.1) is 0 Å². The molecule has 1 fully saturated rings. The number of hydrogen-bond donors (Lipinski definition) is 3. The van der Waals surface area contributed by atoms with Crippen LogP contribution in [0.15, 0.2) is 24.8 Å². The highest BCUT2D eigenvalue weighted by Crippen LogP contribution is 2.34. The molecule has 4 atom stereocenters. The van der Waals surface area contributed by atoms with E-state index >= 15 is 0 Å². The highest BCUT2D eigenvalue weighted by Gasteiger charge is 2.45. The number of rotatable bonds is 5. The Hall–Kier alpha value is -2.07. The zero-order valence-corrected chi connectivity index (χ0v) is 12.7. The van der Waals surface area contributed by atoms with Crippen molar-refractivity contribution < 1.29 is 19.7 Å². The van der Waals surface area contributed by atoms with Crippen LogP contribution in [0.5, 0.6) is 0 Å². The number of nitrogens with zero attached hydrogens (tertiary/aromatic N) is 4. The summed E-state index contributed by atoms with van der Waals surface area (Å²) in [5.41, 5.74) is 7.50. The van der Waals surface area contributed by atoms with Gasteiger partial charge in [0.1, 0.15) is 30.2 Å². The van der Waals surface area contributed by atoms with Crippen molar-refractivity contribution in [3.05, 3.63) is 24.8 Å². The minimum absolute atomic E-state index is 0.255. The molecule has 9 nitrogen and oxygen atoms in total. The van der Waals surface area contributed by atoms with Crippen LogP contribution in [0.3, 0.4) is 0 Å². The third kappa shape index (κ3) is 2.79. The summed E-state index contributed by atoms with van der Waals surface area (Å²) in [6.07, 6.45) is -0.302. The lowest BCUT2D eigenvalue weighted by Gasteiger charge is -2.22. The first-order chi connectivity index (χ1) is 11.0. The molecule has 3 heterocycles. The van der Waals surface area contributed by atoms with Crippen LogP contribution in [0.2, 0.25) is 0 Å². The van der Waals surface area contributed by atoms with E-state index in [9.17, 15) is 10.2 Å². The fraction of sp³-hybridized carbons (Fsp3) is 0.500. The second-order valence-corrected chi connectivity index (χ2v) is 5.55. The molecular weight excluding hydrogens is 302 g/mol. The molecule has 0 aliphatic carbocycles. The molecule has 1 aliphatic rings. The van der Waals surface area contributed by atoms with E-state index in [0.717, 1.165) is 5.57 Å². The Bertz CT molecular complexity index is 718. The molecule has 2 unspecified atom stereocenters. The van der Waals surface area contributed by atoms with Gasteiger partial charge in [0.2, 0.25) is 0 Å². The summed E-state index contributed by atoms with van der Waals surface area (Å²) < 4.78 is 13.1. The van der Waals surface area contributed by atoms with Crippen LogP contribution in [-0.4, -0.2) is 61.3 Å². The van der Waals surface area contributed by atoms with Crippen molar-refractivity contribution in [1.29, 1.82) is 0 Å². The molecule has 1 saturated heterocycles. The Morgan fingerprint density at radius 2 is 2.26 bits per heavy atom. The van der Waals surface area contributed by atoms with Crippen LogP contribution in [0.4, 0.5) is 5.82 Å². The van der Waals surface area contributed by atoms with Crippen molar-refractivity contribution in [3.63, 3.8) is 0 Å². The maximum atomic E-state index is 10.3. The number of nitrogens with two attached hydrogens (primary N) is 1. The summed E-state index contributed by atoms with van der Waals surface area (Å²) in [5, 5.41) is 19.7. The molecule has 4 N–H and O–H groups in total. The zero-order valence-electron chi connectivity index (χ0n) is 12.7.